The Morgan fingerprint density at radius 3 is 2.95 bits per heavy atom. The molecule has 0 saturated carbocycles. The predicted molar refractivity (Wildman–Crippen MR) is 79.9 cm³/mol. The molecule has 1 aliphatic rings. The summed E-state index contributed by atoms with van der Waals surface area (Å²) in [6, 6.07) is 3.92. The van der Waals surface area contributed by atoms with Crippen LogP contribution in [0.2, 0.25) is 0 Å². The van der Waals surface area contributed by atoms with E-state index in [1.54, 1.807) is 11.3 Å². The Balaban J connectivity index is 1.67. The van der Waals surface area contributed by atoms with Gasteiger partial charge in [-0.1, -0.05) is 0 Å². The number of nitrogen functional groups attached to an aromatic ring is 1. The maximum absolute atomic E-state index is 6.03. The largest absolute Gasteiger partial charge is 0.490 e. The van der Waals surface area contributed by atoms with Crippen LogP contribution in [-0.4, -0.2) is 36.1 Å². The molecule has 1 saturated heterocycles. The molecule has 0 aliphatic carbocycles. The number of rotatable bonds is 4. The van der Waals surface area contributed by atoms with Crippen molar-refractivity contribution in [2.75, 3.05) is 32.0 Å². The van der Waals surface area contributed by atoms with Crippen LogP contribution in [-0.2, 0) is 0 Å². The van der Waals surface area contributed by atoms with Crippen LogP contribution in [0.25, 0.3) is 10.2 Å². The van der Waals surface area contributed by atoms with Crippen molar-refractivity contribution in [3.8, 4) is 5.75 Å². The molecule has 4 nitrogen and oxygen atoms in total. The third-order valence-electron chi connectivity index (χ3n) is 3.49. The molecular formula is C14H19N3OS. The summed E-state index contributed by atoms with van der Waals surface area (Å²) >= 11 is 1.66. The Hall–Kier alpha value is -1.33. The van der Waals surface area contributed by atoms with Crippen LogP contribution in [0.1, 0.15) is 17.8 Å². The van der Waals surface area contributed by atoms with Gasteiger partial charge in [-0.25, -0.2) is 4.98 Å². The van der Waals surface area contributed by atoms with E-state index in [1.165, 1.54) is 25.9 Å². The maximum Gasteiger partial charge on any atom is 0.144 e. The molecule has 1 aromatic heterocycles. The average Bonchev–Trinajstić information content (AvgIpc) is 2.98. The lowest BCUT2D eigenvalue weighted by atomic mass is 10.3. The van der Waals surface area contributed by atoms with E-state index in [0.29, 0.717) is 12.3 Å². The average molecular weight is 277 g/mol. The highest BCUT2D eigenvalue weighted by Crippen LogP contribution is 2.31. The predicted octanol–water partition coefficient (Wildman–Crippen LogP) is 2.66. The van der Waals surface area contributed by atoms with Gasteiger partial charge < -0.3 is 10.5 Å². The smallest absolute Gasteiger partial charge is 0.144 e. The number of benzene rings is 1. The van der Waals surface area contributed by atoms with Gasteiger partial charge in [0.05, 0.1) is 20.9 Å². The summed E-state index contributed by atoms with van der Waals surface area (Å²) in [5.74, 6) is 0.761. The third kappa shape index (κ3) is 2.82. The van der Waals surface area contributed by atoms with Crippen LogP contribution in [0.15, 0.2) is 12.1 Å². The number of nitrogens with zero attached hydrogens (tertiary/aromatic N) is 2. The van der Waals surface area contributed by atoms with Gasteiger partial charge in [-0.2, -0.15) is 0 Å². The number of fused-ring (bicyclic) bond motifs is 1. The summed E-state index contributed by atoms with van der Waals surface area (Å²) in [5, 5.41) is 1.06. The van der Waals surface area contributed by atoms with E-state index < -0.39 is 0 Å². The Morgan fingerprint density at radius 2 is 2.16 bits per heavy atom. The monoisotopic (exact) mass is 277 g/mol. The van der Waals surface area contributed by atoms with E-state index in [1.807, 2.05) is 19.1 Å². The van der Waals surface area contributed by atoms with E-state index >= 15 is 0 Å². The van der Waals surface area contributed by atoms with Gasteiger partial charge >= 0.3 is 0 Å². The molecule has 1 aliphatic heterocycles. The number of thiazole rings is 1. The van der Waals surface area contributed by atoms with Crippen LogP contribution >= 0.6 is 11.3 Å². The first kappa shape index (κ1) is 12.7. The van der Waals surface area contributed by atoms with Gasteiger partial charge in [-0.05, 0) is 38.9 Å². The molecule has 2 aromatic rings. The van der Waals surface area contributed by atoms with Crippen molar-refractivity contribution < 1.29 is 4.74 Å². The van der Waals surface area contributed by atoms with Crippen LogP contribution in [0.3, 0.4) is 0 Å². The molecule has 2 heterocycles. The van der Waals surface area contributed by atoms with Crippen molar-refractivity contribution in [1.29, 1.82) is 0 Å². The number of aromatic nitrogens is 1. The lowest BCUT2D eigenvalue weighted by molar-refractivity contribution is 0.239. The van der Waals surface area contributed by atoms with Gasteiger partial charge in [0.1, 0.15) is 12.4 Å². The first-order valence-electron chi connectivity index (χ1n) is 6.74. The molecule has 1 aromatic carbocycles. The molecule has 19 heavy (non-hydrogen) atoms. The summed E-state index contributed by atoms with van der Waals surface area (Å²) in [4.78, 5) is 6.91. The maximum atomic E-state index is 6.03. The van der Waals surface area contributed by atoms with Gasteiger partial charge in [0.2, 0.25) is 0 Å². The van der Waals surface area contributed by atoms with Crippen molar-refractivity contribution in [3.05, 3.63) is 17.1 Å². The molecule has 0 atom stereocenters. The number of aryl methyl sites for hydroxylation is 1. The number of anilines is 1. The Labute approximate surface area is 117 Å². The molecule has 102 valence electrons. The zero-order chi connectivity index (χ0) is 13.2. The topological polar surface area (TPSA) is 51.4 Å². The molecule has 0 unspecified atom stereocenters. The third-order valence-corrected chi connectivity index (χ3v) is 4.42. The first-order chi connectivity index (χ1) is 9.22. The van der Waals surface area contributed by atoms with Crippen molar-refractivity contribution in [3.63, 3.8) is 0 Å². The quantitative estimate of drug-likeness (QED) is 0.873. The Morgan fingerprint density at radius 1 is 1.37 bits per heavy atom. The molecule has 3 rings (SSSR count). The van der Waals surface area contributed by atoms with Crippen LogP contribution in [0.5, 0.6) is 5.75 Å². The van der Waals surface area contributed by atoms with Crippen molar-refractivity contribution >= 4 is 27.2 Å². The van der Waals surface area contributed by atoms with Crippen LogP contribution in [0.4, 0.5) is 5.69 Å². The molecule has 0 spiro atoms. The fourth-order valence-electron chi connectivity index (χ4n) is 2.50. The highest BCUT2D eigenvalue weighted by atomic mass is 32.1. The van der Waals surface area contributed by atoms with Gasteiger partial charge in [0.15, 0.2) is 0 Å². The molecule has 0 amide bonds. The van der Waals surface area contributed by atoms with Crippen molar-refractivity contribution in [2.45, 2.75) is 19.8 Å². The van der Waals surface area contributed by atoms with E-state index in [2.05, 4.69) is 9.88 Å². The Bertz CT molecular complexity index is 575. The molecule has 1 fully saturated rings. The van der Waals surface area contributed by atoms with Crippen LogP contribution in [0, 0.1) is 6.92 Å². The minimum Gasteiger partial charge on any atom is -0.490 e. The van der Waals surface area contributed by atoms with E-state index in [9.17, 15) is 0 Å². The van der Waals surface area contributed by atoms with Crippen molar-refractivity contribution in [1.82, 2.24) is 9.88 Å². The zero-order valence-corrected chi connectivity index (χ0v) is 12.0. The summed E-state index contributed by atoms with van der Waals surface area (Å²) < 4.78 is 6.94. The molecule has 0 bridgehead atoms. The lowest BCUT2D eigenvalue weighted by Gasteiger charge is -2.15. The highest BCUT2D eigenvalue weighted by Gasteiger charge is 2.12. The molecule has 2 N–H and O–H groups in total. The first-order valence-corrected chi connectivity index (χ1v) is 7.56. The summed E-state index contributed by atoms with van der Waals surface area (Å²) in [5.41, 5.74) is 7.72. The minimum atomic E-state index is 0.693. The van der Waals surface area contributed by atoms with E-state index in [0.717, 1.165) is 27.5 Å². The molecule has 0 radical (unpaired) electrons. The standard InChI is InChI=1S/C14H19N3OS/c1-10-16-12-9-13(11(15)8-14(12)19-10)18-7-6-17-4-2-3-5-17/h8-9H,2-7,15H2,1H3. The highest BCUT2D eigenvalue weighted by molar-refractivity contribution is 7.18. The molecule has 5 heteroatoms. The van der Waals surface area contributed by atoms with Gasteiger partial charge in [-0.3, -0.25) is 4.90 Å². The second-order valence-corrected chi connectivity index (χ2v) is 6.22. The van der Waals surface area contributed by atoms with E-state index in [-0.39, 0.29) is 0 Å². The summed E-state index contributed by atoms with van der Waals surface area (Å²) in [7, 11) is 0. The van der Waals surface area contributed by atoms with Gasteiger partial charge in [-0.15, -0.1) is 11.3 Å². The summed E-state index contributed by atoms with van der Waals surface area (Å²) in [6.45, 7) is 6.08. The van der Waals surface area contributed by atoms with E-state index in [4.69, 9.17) is 10.5 Å². The lowest BCUT2D eigenvalue weighted by Crippen LogP contribution is -2.25. The number of nitrogens with two attached hydrogens (primary N) is 1. The second kappa shape index (κ2) is 5.35. The van der Waals surface area contributed by atoms with Gasteiger partial charge in [0.25, 0.3) is 0 Å². The molecular weight excluding hydrogens is 258 g/mol. The minimum absolute atomic E-state index is 0.693. The zero-order valence-electron chi connectivity index (χ0n) is 11.2. The number of hydrogen-bond acceptors (Lipinski definition) is 5. The fourth-order valence-corrected chi connectivity index (χ4v) is 3.36. The van der Waals surface area contributed by atoms with Crippen LogP contribution < -0.4 is 10.5 Å². The normalized spacial score (nSPS) is 16.3. The Kier molecular flexibility index (Phi) is 3.57. The number of hydrogen-bond donors (Lipinski definition) is 1. The number of likely N-dealkylation sites (tertiary alicyclic amines) is 1. The number of ether oxygens (including phenoxy) is 1. The van der Waals surface area contributed by atoms with Crippen molar-refractivity contribution in [2.24, 2.45) is 0 Å². The summed E-state index contributed by atoms with van der Waals surface area (Å²) in [6.07, 6.45) is 2.62. The SMILES string of the molecule is Cc1nc2cc(OCCN3CCCC3)c(N)cc2s1. The second-order valence-electron chi connectivity index (χ2n) is 4.99. The fraction of sp³-hybridized carbons (Fsp3) is 0.500. The van der Waals surface area contributed by atoms with Gasteiger partial charge in [0, 0.05) is 12.6 Å².